The molecule has 1 fully saturated rings. The van der Waals surface area contributed by atoms with Crippen LogP contribution in [0.3, 0.4) is 0 Å². The highest BCUT2D eigenvalue weighted by Gasteiger charge is 2.40. The number of likely N-dealkylation sites (tertiary alicyclic amines) is 1. The lowest BCUT2D eigenvalue weighted by Crippen LogP contribution is -2.48. The molecule has 1 aliphatic rings. The standard InChI is InChI=1S/C12H23NO5S2/c1-11(2,3)18-10(15)13-7-5-12(9-14,6-8-13)19-20(4,16)17/h14H,5-9H2,1-4H3. The Morgan fingerprint density at radius 1 is 1.35 bits per heavy atom. The molecule has 0 saturated carbocycles. The monoisotopic (exact) mass is 325 g/mol. The lowest BCUT2D eigenvalue weighted by atomic mass is 9.97. The Morgan fingerprint density at radius 2 is 1.85 bits per heavy atom. The molecular formula is C12H23NO5S2. The molecule has 1 N–H and O–H groups in total. The predicted molar refractivity (Wildman–Crippen MR) is 79.3 cm³/mol. The Balaban J connectivity index is 2.64. The molecular weight excluding hydrogens is 302 g/mol. The summed E-state index contributed by atoms with van der Waals surface area (Å²) in [5.74, 6) is 0. The van der Waals surface area contributed by atoms with Crippen molar-refractivity contribution in [3.8, 4) is 0 Å². The minimum atomic E-state index is -3.24. The summed E-state index contributed by atoms with van der Waals surface area (Å²) in [5.41, 5.74) is -0.551. The summed E-state index contributed by atoms with van der Waals surface area (Å²) < 4.78 is 27.4. The van der Waals surface area contributed by atoms with Crippen LogP contribution in [0.15, 0.2) is 0 Å². The fraction of sp³-hybridized carbons (Fsp3) is 0.917. The molecule has 0 bridgehead atoms. The first kappa shape index (κ1) is 17.6. The van der Waals surface area contributed by atoms with E-state index in [1.54, 1.807) is 25.7 Å². The van der Waals surface area contributed by atoms with Crippen molar-refractivity contribution in [3.63, 3.8) is 0 Å². The van der Waals surface area contributed by atoms with Crippen molar-refractivity contribution >= 4 is 25.8 Å². The number of rotatable bonds is 3. The van der Waals surface area contributed by atoms with Gasteiger partial charge in [-0.05, 0) is 44.4 Å². The van der Waals surface area contributed by atoms with Gasteiger partial charge in [0.15, 0.2) is 8.87 Å². The number of nitrogens with zero attached hydrogens (tertiary/aromatic N) is 1. The number of piperidine rings is 1. The minimum Gasteiger partial charge on any atom is -0.444 e. The van der Waals surface area contributed by atoms with Crippen molar-refractivity contribution in [1.29, 1.82) is 0 Å². The third-order valence-corrected chi connectivity index (χ3v) is 6.11. The van der Waals surface area contributed by atoms with Gasteiger partial charge in [-0.1, -0.05) is 0 Å². The zero-order chi connectivity index (χ0) is 15.6. The first-order chi connectivity index (χ1) is 8.96. The van der Waals surface area contributed by atoms with Gasteiger partial charge in [0.1, 0.15) is 5.60 Å². The van der Waals surface area contributed by atoms with E-state index in [0.29, 0.717) is 25.9 Å². The van der Waals surface area contributed by atoms with Gasteiger partial charge in [0.05, 0.1) is 11.4 Å². The number of hydrogen-bond acceptors (Lipinski definition) is 6. The molecule has 0 unspecified atom stereocenters. The van der Waals surface area contributed by atoms with Crippen LogP contribution in [0.1, 0.15) is 33.6 Å². The van der Waals surface area contributed by atoms with Crippen molar-refractivity contribution in [1.82, 2.24) is 4.90 Å². The van der Waals surface area contributed by atoms with Crippen LogP contribution in [0.25, 0.3) is 0 Å². The smallest absolute Gasteiger partial charge is 0.410 e. The summed E-state index contributed by atoms with van der Waals surface area (Å²) in [6.45, 7) is 5.95. The molecule has 0 aromatic rings. The van der Waals surface area contributed by atoms with E-state index in [0.717, 1.165) is 17.0 Å². The summed E-state index contributed by atoms with van der Waals surface area (Å²) in [6, 6.07) is 0. The zero-order valence-electron chi connectivity index (χ0n) is 12.4. The number of amides is 1. The van der Waals surface area contributed by atoms with Gasteiger partial charge in [-0.25, -0.2) is 13.2 Å². The van der Waals surface area contributed by atoms with E-state index >= 15 is 0 Å². The molecule has 118 valence electrons. The van der Waals surface area contributed by atoms with Crippen LogP contribution in [0.5, 0.6) is 0 Å². The van der Waals surface area contributed by atoms with Crippen molar-refractivity contribution < 1.29 is 23.1 Å². The number of carbonyl (C=O) groups is 1. The third kappa shape index (κ3) is 5.49. The molecule has 0 aromatic carbocycles. The number of aliphatic hydroxyl groups is 1. The summed E-state index contributed by atoms with van der Waals surface area (Å²) in [5, 5.41) is 9.50. The van der Waals surface area contributed by atoms with Crippen LogP contribution in [0.2, 0.25) is 0 Å². The largest absolute Gasteiger partial charge is 0.444 e. The van der Waals surface area contributed by atoms with Crippen molar-refractivity contribution in [2.24, 2.45) is 0 Å². The first-order valence-electron chi connectivity index (χ1n) is 6.46. The van der Waals surface area contributed by atoms with E-state index in [9.17, 15) is 18.3 Å². The quantitative estimate of drug-likeness (QED) is 0.791. The van der Waals surface area contributed by atoms with Crippen LogP contribution in [0.4, 0.5) is 4.79 Å². The average molecular weight is 325 g/mol. The zero-order valence-corrected chi connectivity index (χ0v) is 14.0. The van der Waals surface area contributed by atoms with Crippen LogP contribution >= 0.6 is 10.8 Å². The Morgan fingerprint density at radius 3 is 2.20 bits per heavy atom. The number of aliphatic hydroxyl groups excluding tert-OH is 1. The van der Waals surface area contributed by atoms with Gasteiger partial charge in [0.25, 0.3) is 0 Å². The summed E-state index contributed by atoms with van der Waals surface area (Å²) in [4.78, 5) is 13.5. The van der Waals surface area contributed by atoms with Gasteiger partial charge in [-0.2, -0.15) is 0 Å². The number of carbonyl (C=O) groups excluding carboxylic acids is 1. The molecule has 0 spiro atoms. The van der Waals surface area contributed by atoms with Gasteiger partial charge in [-0.3, -0.25) is 0 Å². The van der Waals surface area contributed by atoms with Gasteiger partial charge in [-0.15, -0.1) is 0 Å². The molecule has 1 amide bonds. The number of ether oxygens (including phenoxy) is 1. The highest BCUT2D eigenvalue weighted by molar-refractivity contribution is 8.72. The van der Waals surface area contributed by atoms with E-state index in [4.69, 9.17) is 4.74 Å². The van der Waals surface area contributed by atoms with Crippen LogP contribution in [0, 0.1) is 0 Å². The van der Waals surface area contributed by atoms with E-state index in [1.165, 1.54) is 0 Å². The molecule has 1 rings (SSSR count). The van der Waals surface area contributed by atoms with Crippen molar-refractivity contribution in [3.05, 3.63) is 0 Å². The average Bonchev–Trinajstić information content (AvgIpc) is 2.25. The Bertz CT molecular complexity index is 447. The maximum absolute atomic E-state index is 11.9. The van der Waals surface area contributed by atoms with Gasteiger partial charge >= 0.3 is 6.09 Å². The lowest BCUT2D eigenvalue weighted by molar-refractivity contribution is 0.0179. The minimum absolute atomic E-state index is 0.215. The highest BCUT2D eigenvalue weighted by atomic mass is 33.1. The van der Waals surface area contributed by atoms with Crippen molar-refractivity contribution in [2.75, 3.05) is 26.0 Å². The second-order valence-corrected chi connectivity index (χ2v) is 10.9. The topological polar surface area (TPSA) is 83.9 Å². The predicted octanol–water partition coefficient (Wildman–Crippen LogP) is 1.44. The van der Waals surface area contributed by atoms with E-state index < -0.39 is 25.3 Å². The molecule has 0 aliphatic carbocycles. The van der Waals surface area contributed by atoms with Gasteiger partial charge < -0.3 is 14.7 Å². The van der Waals surface area contributed by atoms with E-state index in [2.05, 4.69) is 0 Å². The second-order valence-electron chi connectivity index (χ2n) is 6.10. The maximum Gasteiger partial charge on any atom is 0.410 e. The molecule has 1 heterocycles. The van der Waals surface area contributed by atoms with Crippen molar-refractivity contribution in [2.45, 2.75) is 44.0 Å². The van der Waals surface area contributed by atoms with Gasteiger partial charge in [0.2, 0.25) is 0 Å². The summed E-state index contributed by atoms with van der Waals surface area (Å²) >= 11 is 0. The summed E-state index contributed by atoms with van der Waals surface area (Å²) in [7, 11) is -2.44. The molecule has 1 saturated heterocycles. The fourth-order valence-corrected chi connectivity index (χ4v) is 5.64. The van der Waals surface area contributed by atoms with Crippen LogP contribution in [-0.4, -0.2) is 60.8 Å². The fourth-order valence-electron chi connectivity index (χ4n) is 2.01. The third-order valence-electron chi connectivity index (χ3n) is 2.94. The molecule has 8 heteroatoms. The second kappa shape index (κ2) is 6.11. The highest BCUT2D eigenvalue weighted by Crippen LogP contribution is 2.39. The Kier molecular flexibility index (Phi) is 5.37. The lowest BCUT2D eigenvalue weighted by Gasteiger charge is -2.39. The number of hydrogen-bond donors (Lipinski definition) is 1. The van der Waals surface area contributed by atoms with Crippen LogP contribution < -0.4 is 0 Å². The maximum atomic E-state index is 11.9. The molecule has 6 nitrogen and oxygen atoms in total. The Hall–Kier alpha value is -0.470. The first-order valence-corrected chi connectivity index (χ1v) is 9.68. The molecule has 20 heavy (non-hydrogen) atoms. The Labute approximate surface area is 124 Å². The van der Waals surface area contributed by atoms with E-state index in [-0.39, 0.29) is 6.61 Å². The summed E-state index contributed by atoms with van der Waals surface area (Å²) in [6.07, 6.45) is 1.60. The molecule has 1 aliphatic heterocycles. The molecule has 0 radical (unpaired) electrons. The van der Waals surface area contributed by atoms with E-state index in [1.807, 2.05) is 0 Å². The SMILES string of the molecule is CC(C)(C)OC(=O)N1CCC(CO)(SS(C)(=O)=O)CC1. The van der Waals surface area contributed by atoms with Crippen LogP contribution in [-0.2, 0) is 13.6 Å². The molecule has 0 aromatic heterocycles. The normalized spacial score (nSPS) is 19.8. The molecule has 0 atom stereocenters. The van der Waals surface area contributed by atoms with Gasteiger partial charge in [0, 0.05) is 19.3 Å².